The number of rotatable bonds is 3. The second kappa shape index (κ2) is 5.94. The molecule has 0 unspecified atom stereocenters. The fourth-order valence-electron chi connectivity index (χ4n) is 3.24. The van der Waals surface area contributed by atoms with Crippen molar-refractivity contribution in [1.82, 2.24) is 24.9 Å². The molecule has 3 rings (SSSR count). The Hall–Kier alpha value is -2.11. The van der Waals surface area contributed by atoms with Crippen molar-refractivity contribution >= 4 is 5.91 Å². The Kier molecular flexibility index (Phi) is 4.00. The third-order valence-corrected chi connectivity index (χ3v) is 4.44. The highest BCUT2D eigenvalue weighted by atomic mass is 16.2. The van der Waals surface area contributed by atoms with Gasteiger partial charge in [0.1, 0.15) is 0 Å². The van der Waals surface area contributed by atoms with E-state index in [0.29, 0.717) is 5.56 Å². The zero-order chi connectivity index (χ0) is 15.7. The van der Waals surface area contributed by atoms with E-state index in [9.17, 15) is 4.79 Å². The van der Waals surface area contributed by atoms with Gasteiger partial charge in [-0.2, -0.15) is 10.2 Å². The van der Waals surface area contributed by atoms with Crippen LogP contribution in [0.5, 0.6) is 0 Å². The number of aromatic nitrogens is 4. The number of piperidine rings is 1. The maximum Gasteiger partial charge on any atom is 0.257 e. The number of nitrogens with zero attached hydrogens (tertiary/aromatic N) is 4. The quantitative estimate of drug-likeness (QED) is 0.945. The van der Waals surface area contributed by atoms with Crippen LogP contribution in [0.25, 0.3) is 0 Å². The Morgan fingerprint density at radius 3 is 2.82 bits per heavy atom. The average Bonchev–Trinajstić information content (AvgIpc) is 3.05. The summed E-state index contributed by atoms with van der Waals surface area (Å²) in [7, 11) is 0. The molecule has 1 atom stereocenters. The average molecular weight is 301 g/mol. The van der Waals surface area contributed by atoms with Crippen LogP contribution in [0.15, 0.2) is 12.3 Å². The van der Waals surface area contributed by atoms with Crippen molar-refractivity contribution in [3.05, 3.63) is 34.9 Å². The van der Waals surface area contributed by atoms with E-state index < -0.39 is 0 Å². The molecule has 2 aromatic heterocycles. The zero-order valence-corrected chi connectivity index (χ0v) is 13.5. The number of nitrogens with one attached hydrogen (secondary N) is 1. The van der Waals surface area contributed by atoms with Crippen LogP contribution >= 0.6 is 0 Å². The predicted octanol–water partition coefficient (Wildman–Crippen LogP) is 2.23. The molecule has 0 aromatic carbocycles. The smallest absolute Gasteiger partial charge is 0.257 e. The lowest BCUT2D eigenvalue weighted by Gasteiger charge is -2.36. The molecule has 0 bridgehead atoms. The summed E-state index contributed by atoms with van der Waals surface area (Å²) >= 11 is 0. The van der Waals surface area contributed by atoms with Crippen LogP contribution in [0, 0.1) is 20.8 Å². The van der Waals surface area contributed by atoms with E-state index in [4.69, 9.17) is 0 Å². The molecule has 0 spiro atoms. The highest BCUT2D eigenvalue weighted by Crippen LogP contribution is 2.22. The van der Waals surface area contributed by atoms with Crippen LogP contribution in [0.3, 0.4) is 0 Å². The zero-order valence-electron chi connectivity index (χ0n) is 13.5. The van der Waals surface area contributed by atoms with Gasteiger partial charge in [-0.15, -0.1) is 0 Å². The molecule has 1 aliphatic heterocycles. The Morgan fingerprint density at radius 1 is 1.36 bits per heavy atom. The molecule has 1 aliphatic rings. The highest BCUT2D eigenvalue weighted by Gasteiger charge is 2.29. The van der Waals surface area contributed by atoms with E-state index in [1.807, 2.05) is 23.4 Å². The molecular weight excluding hydrogens is 278 g/mol. The number of carbonyl (C=O) groups is 1. The van der Waals surface area contributed by atoms with Crippen LogP contribution in [-0.4, -0.2) is 43.4 Å². The summed E-state index contributed by atoms with van der Waals surface area (Å²) in [5.41, 5.74) is 3.69. The normalized spacial score (nSPS) is 18.7. The predicted molar refractivity (Wildman–Crippen MR) is 83.7 cm³/mol. The van der Waals surface area contributed by atoms with Crippen molar-refractivity contribution in [1.29, 1.82) is 0 Å². The Balaban J connectivity index is 1.81. The molecule has 6 nitrogen and oxygen atoms in total. The first kappa shape index (κ1) is 14.8. The van der Waals surface area contributed by atoms with Crippen molar-refractivity contribution in [3.8, 4) is 0 Å². The van der Waals surface area contributed by atoms with Crippen molar-refractivity contribution in [2.24, 2.45) is 0 Å². The molecule has 1 amide bonds. The maximum absolute atomic E-state index is 12.8. The number of amides is 1. The first-order valence-electron chi connectivity index (χ1n) is 7.88. The van der Waals surface area contributed by atoms with Crippen molar-refractivity contribution < 1.29 is 4.79 Å². The van der Waals surface area contributed by atoms with Crippen LogP contribution in [0.2, 0.25) is 0 Å². The standard InChI is InChI=1S/C16H23N5O/c1-11-8-12(2)21(19-11)10-14-6-4-5-7-20(14)16(22)15-9-17-18-13(15)3/h8-9,14H,4-7,10H2,1-3H3,(H,17,18)/t14-/m1/s1. The Morgan fingerprint density at radius 2 is 2.18 bits per heavy atom. The van der Waals surface area contributed by atoms with Gasteiger partial charge in [-0.1, -0.05) is 0 Å². The van der Waals surface area contributed by atoms with Crippen LogP contribution < -0.4 is 0 Å². The van der Waals surface area contributed by atoms with E-state index >= 15 is 0 Å². The number of hydrogen-bond donors (Lipinski definition) is 1. The number of hydrogen-bond acceptors (Lipinski definition) is 3. The molecule has 118 valence electrons. The minimum absolute atomic E-state index is 0.0810. The van der Waals surface area contributed by atoms with E-state index in [2.05, 4.69) is 28.3 Å². The molecule has 1 fully saturated rings. The second-order valence-corrected chi connectivity index (χ2v) is 6.17. The fraction of sp³-hybridized carbons (Fsp3) is 0.562. The lowest BCUT2D eigenvalue weighted by atomic mass is 10.0. The minimum Gasteiger partial charge on any atom is -0.334 e. The Bertz CT molecular complexity index is 672. The molecule has 22 heavy (non-hydrogen) atoms. The summed E-state index contributed by atoms with van der Waals surface area (Å²) in [6, 6.07) is 2.28. The summed E-state index contributed by atoms with van der Waals surface area (Å²) in [5, 5.41) is 11.4. The van der Waals surface area contributed by atoms with Gasteiger partial charge in [0.25, 0.3) is 5.91 Å². The van der Waals surface area contributed by atoms with Gasteiger partial charge in [-0.25, -0.2) is 0 Å². The summed E-state index contributed by atoms with van der Waals surface area (Å²) in [4.78, 5) is 14.8. The van der Waals surface area contributed by atoms with E-state index in [1.165, 1.54) is 0 Å². The topological polar surface area (TPSA) is 66.8 Å². The SMILES string of the molecule is Cc1cc(C)n(C[C@H]2CCCCN2C(=O)c2cn[nH]c2C)n1. The molecule has 0 aliphatic carbocycles. The van der Waals surface area contributed by atoms with Gasteiger partial charge in [0.15, 0.2) is 0 Å². The first-order valence-corrected chi connectivity index (χ1v) is 7.88. The molecule has 3 heterocycles. The molecule has 2 aromatic rings. The van der Waals surface area contributed by atoms with E-state index in [1.54, 1.807) is 6.20 Å². The summed E-state index contributed by atoms with van der Waals surface area (Å²) in [6.45, 7) is 7.53. The second-order valence-electron chi connectivity index (χ2n) is 6.17. The molecule has 6 heteroatoms. The van der Waals surface area contributed by atoms with E-state index in [-0.39, 0.29) is 11.9 Å². The monoisotopic (exact) mass is 301 g/mol. The maximum atomic E-state index is 12.8. The van der Waals surface area contributed by atoms with Gasteiger partial charge in [-0.05, 0) is 46.1 Å². The number of aromatic amines is 1. The van der Waals surface area contributed by atoms with E-state index in [0.717, 1.165) is 49.4 Å². The number of H-pyrrole nitrogens is 1. The van der Waals surface area contributed by atoms with Crippen LogP contribution in [0.4, 0.5) is 0 Å². The van der Waals surface area contributed by atoms with Gasteiger partial charge in [-0.3, -0.25) is 14.6 Å². The Labute approximate surface area is 130 Å². The van der Waals surface area contributed by atoms with Gasteiger partial charge >= 0.3 is 0 Å². The first-order chi connectivity index (χ1) is 10.6. The third-order valence-electron chi connectivity index (χ3n) is 4.44. The van der Waals surface area contributed by atoms with Crippen molar-refractivity contribution in [2.45, 2.75) is 52.6 Å². The van der Waals surface area contributed by atoms with Gasteiger partial charge in [0.2, 0.25) is 0 Å². The summed E-state index contributed by atoms with van der Waals surface area (Å²) in [5.74, 6) is 0.0810. The summed E-state index contributed by atoms with van der Waals surface area (Å²) < 4.78 is 2.02. The third kappa shape index (κ3) is 2.77. The molecule has 1 saturated heterocycles. The van der Waals surface area contributed by atoms with Gasteiger partial charge in [0.05, 0.1) is 30.0 Å². The van der Waals surface area contributed by atoms with Crippen LogP contribution in [-0.2, 0) is 6.54 Å². The molecule has 1 N–H and O–H groups in total. The minimum atomic E-state index is 0.0810. The largest absolute Gasteiger partial charge is 0.334 e. The number of carbonyl (C=O) groups excluding carboxylic acids is 1. The molecule has 0 saturated carbocycles. The van der Waals surface area contributed by atoms with Gasteiger partial charge in [0, 0.05) is 17.9 Å². The summed E-state index contributed by atoms with van der Waals surface area (Å²) in [6.07, 6.45) is 4.89. The number of aryl methyl sites for hydroxylation is 3. The van der Waals surface area contributed by atoms with Crippen LogP contribution in [0.1, 0.15) is 46.7 Å². The van der Waals surface area contributed by atoms with Gasteiger partial charge < -0.3 is 4.90 Å². The van der Waals surface area contributed by atoms with Crippen molar-refractivity contribution in [2.75, 3.05) is 6.54 Å². The molecule has 0 radical (unpaired) electrons. The number of likely N-dealkylation sites (tertiary alicyclic amines) is 1. The lowest BCUT2D eigenvalue weighted by molar-refractivity contribution is 0.0582. The molecular formula is C16H23N5O. The van der Waals surface area contributed by atoms with Crippen molar-refractivity contribution in [3.63, 3.8) is 0 Å². The lowest BCUT2D eigenvalue weighted by Crippen LogP contribution is -2.46. The highest BCUT2D eigenvalue weighted by molar-refractivity contribution is 5.95. The fourth-order valence-corrected chi connectivity index (χ4v) is 3.24.